The molecule has 0 atom stereocenters. The number of hydrogen-bond donors (Lipinski definition) is 2. The van der Waals surface area contributed by atoms with Gasteiger partial charge in [0.25, 0.3) is 0 Å². The second-order valence-corrected chi connectivity index (χ2v) is 7.26. The molecule has 0 aliphatic carbocycles. The molecule has 92 valence electrons. The summed E-state index contributed by atoms with van der Waals surface area (Å²) in [4.78, 5) is 0. The summed E-state index contributed by atoms with van der Waals surface area (Å²) in [7, 11) is -4.21. The Kier molecular flexibility index (Phi) is 5.67. The molecule has 0 aliphatic rings. The van der Waals surface area contributed by atoms with E-state index in [-0.39, 0.29) is 12.3 Å². The summed E-state index contributed by atoms with van der Waals surface area (Å²) in [5, 5.41) is 8.40. The molecule has 0 saturated heterocycles. The summed E-state index contributed by atoms with van der Waals surface area (Å²) in [5.74, 6) is -0.723. The Hall–Kier alpha value is -0.220. The first kappa shape index (κ1) is 14.8. The first-order valence-electron chi connectivity index (χ1n) is 4.19. The maximum absolute atomic E-state index is 11.2. The van der Waals surface area contributed by atoms with Crippen LogP contribution in [0.2, 0.25) is 0 Å². The molecular formula is C6H16N2O5S2. The van der Waals surface area contributed by atoms with E-state index in [1.54, 1.807) is 0 Å². The molecule has 0 aliphatic heterocycles. The molecule has 0 fully saturated rings. The van der Waals surface area contributed by atoms with Crippen molar-refractivity contribution in [3.05, 3.63) is 0 Å². The molecule has 0 heterocycles. The van der Waals surface area contributed by atoms with Crippen molar-refractivity contribution < 1.29 is 21.9 Å². The highest BCUT2D eigenvalue weighted by Crippen LogP contribution is 1.93. The Morgan fingerprint density at radius 3 is 2.07 bits per heavy atom. The third-order valence-corrected chi connectivity index (χ3v) is 4.80. The van der Waals surface area contributed by atoms with Gasteiger partial charge in [-0.3, -0.25) is 0 Å². The maximum atomic E-state index is 11.2. The van der Waals surface area contributed by atoms with Crippen LogP contribution < -0.4 is 4.72 Å². The Labute approximate surface area is 90.2 Å². The van der Waals surface area contributed by atoms with Crippen molar-refractivity contribution in [3.8, 4) is 0 Å². The molecular weight excluding hydrogens is 244 g/mol. The first-order chi connectivity index (χ1) is 6.71. The number of nitrogens with one attached hydrogen (secondary N) is 1. The normalized spacial score (nSPS) is 13.3. The van der Waals surface area contributed by atoms with Crippen molar-refractivity contribution in [1.29, 1.82) is 0 Å². The fourth-order valence-corrected chi connectivity index (χ4v) is 2.35. The third kappa shape index (κ3) is 6.05. The number of hydrogen-bond acceptors (Lipinski definition) is 5. The fraction of sp³-hybridized carbons (Fsp3) is 1.00. The molecule has 0 rings (SSSR count). The summed E-state index contributed by atoms with van der Waals surface area (Å²) in [6, 6.07) is 0. The van der Waals surface area contributed by atoms with Crippen LogP contribution in [-0.2, 0) is 20.0 Å². The van der Waals surface area contributed by atoms with E-state index in [4.69, 9.17) is 5.11 Å². The Balaban J connectivity index is 4.12. The van der Waals surface area contributed by atoms with Crippen LogP contribution in [0.25, 0.3) is 0 Å². The van der Waals surface area contributed by atoms with Crippen molar-refractivity contribution >= 4 is 20.0 Å². The van der Waals surface area contributed by atoms with Gasteiger partial charge in [-0.25, -0.2) is 25.9 Å². The SMILES string of the molecule is CN(C)S(=O)(=O)CCNS(=O)(=O)CCO. The second-order valence-electron chi connectivity index (χ2n) is 3.04. The summed E-state index contributed by atoms with van der Waals surface area (Å²) in [5.41, 5.74) is 0. The third-order valence-electron chi connectivity index (χ3n) is 1.60. The monoisotopic (exact) mass is 260 g/mol. The zero-order chi connectivity index (χ0) is 12.1. The van der Waals surface area contributed by atoms with E-state index in [0.29, 0.717) is 0 Å². The van der Waals surface area contributed by atoms with E-state index in [1.807, 2.05) is 0 Å². The summed E-state index contributed by atoms with van der Waals surface area (Å²) in [6.45, 7) is -0.682. The van der Waals surface area contributed by atoms with Crippen LogP contribution in [0.15, 0.2) is 0 Å². The molecule has 0 saturated carbocycles. The molecule has 0 spiro atoms. The van der Waals surface area contributed by atoms with Gasteiger partial charge >= 0.3 is 0 Å². The first-order valence-corrected chi connectivity index (χ1v) is 7.46. The molecule has 0 unspecified atom stereocenters. The quantitative estimate of drug-likeness (QED) is 0.540. The molecule has 0 amide bonds. The highest BCUT2D eigenvalue weighted by atomic mass is 32.2. The van der Waals surface area contributed by atoms with Crippen LogP contribution in [0.3, 0.4) is 0 Å². The predicted octanol–water partition coefficient (Wildman–Crippen LogP) is -2.21. The number of rotatable bonds is 7. The van der Waals surface area contributed by atoms with Gasteiger partial charge < -0.3 is 5.11 Å². The lowest BCUT2D eigenvalue weighted by atomic mass is 10.8. The highest BCUT2D eigenvalue weighted by Gasteiger charge is 2.15. The van der Waals surface area contributed by atoms with Crippen LogP contribution in [0.1, 0.15) is 0 Å². The standard InChI is InChI=1S/C6H16N2O5S2/c1-8(2)15(12,13)5-3-7-14(10,11)6-4-9/h7,9H,3-6H2,1-2H3. The number of sulfonamides is 2. The molecule has 2 N–H and O–H groups in total. The van der Waals surface area contributed by atoms with E-state index in [2.05, 4.69) is 4.72 Å². The van der Waals surface area contributed by atoms with Crippen molar-refractivity contribution in [2.45, 2.75) is 0 Å². The molecule has 0 aromatic rings. The Morgan fingerprint density at radius 1 is 1.13 bits per heavy atom. The average Bonchev–Trinajstić information content (AvgIpc) is 2.02. The fourth-order valence-electron chi connectivity index (χ4n) is 0.701. The number of aliphatic hydroxyl groups excluding tert-OH is 1. The second kappa shape index (κ2) is 5.75. The van der Waals surface area contributed by atoms with Crippen molar-refractivity contribution in [2.24, 2.45) is 0 Å². The number of nitrogens with zero attached hydrogens (tertiary/aromatic N) is 1. The zero-order valence-electron chi connectivity index (χ0n) is 8.67. The van der Waals surface area contributed by atoms with E-state index < -0.39 is 32.4 Å². The van der Waals surface area contributed by atoms with Gasteiger partial charge in [0.1, 0.15) is 0 Å². The molecule has 15 heavy (non-hydrogen) atoms. The molecule has 0 aromatic heterocycles. The van der Waals surface area contributed by atoms with Gasteiger partial charge in [0.05, 0.1) is 18.1 Å². The molecule has 0 aromatic carbocycles. The Morgan fingerprint density at radius 2 is 1.67 bits per heavy atom. The predicted molar refractivity (Wildman–Crippen MR) is 56.3 cm³/mol. The van der Waals surface area contributed by atoms with Crippen molar-refractivity contribution in [1.82, 2.24) is 9.03 Å². The van der Waals surface area contributed by atoms with Gasteiger partial charge in [-0.05, 0) is 0 Å². The van der Waals surface area contributed by atoms with Gasteiger partial charge in [-0.15, -0.1) is 0 Å². The van der Waals surface area contributed by atoms with E-state index in [0.717, 1.165) is 4.31 Å². The van der Waals surface area contributed by atoms with Crippen LogP contribution >= 0.6 is 0 Å². The van der Waals surface area contributed by atoms with Gasteiger partial charge in [-0.2, -0.15) is 0 Å². The van der Waals surface area contributed by atoms with Crippen molar-refractivity contribution in [2.75, 3.05) is 38.8 Å². The molecule has 0 radical (unpaired) electrons. The van der Waals surface area contributed by atoms with Crippen LogP contribution in [0.4, 0.5) is 0 Å². The minimum absolute atomic E-state index is 0.192. The summed E-state index contributed by atoms with van der Waals surface area (Å²) >= 11 is 0. The van der Waals surface area contributed by atoms with E-state index in [1.165, 1.54) is 14.1 Å². The maximum Gasteiger partial charge on any atom is 0.214 e. The van der Waals surface area contributed by atoms with Gasteiger partial charge in [0.2, 0.25) is 20.0 Å². The lowest BCUT2D eigenvalue weighted by molar-refractivity contribution is 0.319. The smallest absolute Gasteiger partial charge is 0.214 e. The Bertz CT molecular complexity index is 372. The minimum atomic E-state index is -3.56. The summed E-state index contributed by atoms with van der Waals surface area (Å²) in [6.07, 6.45) is 0. The molecule has 0 bridgehead atoms. The highest BCUT2D eigenvalue weighted by molar-refractivity contribution is 7.90. The van der Waals surface area contributed by atoms with Crippen LogP contribution in [-0.4, -0.2) is 65.0 Å². The van der Waals surface area contributed by atoms with Gasteiger partial charge in [0, 0.05) is 20.6 Å². The minimum Gasteiger partial charge on any atom is -0.395 e. The number of aliphatic hydroxyl groups is 1. The van der Waals surface area contributed by atoms with Crippen molar-refractivity contribution in [3.63, 3.8) is 0 Å². The van der Waals surface area contributed by atoms with E-state index in [9.17, 15) is 16.8 Å². The zero-order valence-corrected chi connectivity index (χ0v) is 10.3. The van der Waals surface area contributed by atoms with E-state index >= 15 is 0 Å². The average molecular weight is 260 g/mol. The van der Waals surface area contributed by atoms with Gasteiger partial charge in [-0.1, -0.05) is 0 Å². The lowest BCUT2D eigenvalue weighted by Gasteiger charge is -2.11. The van der Waals surface area contributed by atoms with Gasteiger partial charge in [0.15, 0.2) is 0 Å². The topological polar surface area (TPSA) is 104 Å². The lowest BCUT2D eigenvalue weighted by Crippen LogP contribution is -2.35. The largest absolute Gasteiger partial charge is 0.395 e. The van der Waals surface area contributed by atoms with Crippen LogP contribution in [0.5, 0.6) is 0 Å². The molecule has 9 heteroatoms. The summed E-state index contributed by atoms with van der Waals surface area (Å²) < 4.78 is 47.5. The molecule has 7 nitrogen and oxygen atoms in total. The van der Waals surface area contributed by atoms with Crippen LogP contribution in [0, 0.1) is 0 Å².